The lowest BCUT2D eigenvalue weighted by Gasteiger charge is -1.99. The molecule has 0 aliphatic carbocycles. The van der Waals surface area contributed by atoms with Crippen molar-refractivity contribution in [1.82, 2.24) is 20.0 Å². The number of aromatic amines is 1. The van der Waals surface area contributed by atoms with E-state index in [1.807, 2.05) is 0 Å². The van der Waals surface area contributed by atoms with E-state index in [2.05, 4.69) is 15.3 Å². The highest BCUT2D eigenvalue weighted by Gasteiger charge is 2.13. The van der Waals surface area contributed by atoms with Crippen molar-refractivity contribution in [2.45, 2.75) is 6.92 Å². The van der Waals surface area contributed by atoms with E-state index >= 15 is 0 Å². The lowest BCUT2D eigenvalue weighted by atomic mass is 10.3. The molecule has 0 bridgehead atoms. The lowest BCUT2D eigenvalue weighted by molar-refractivity contribution is 0.0696. The highest BCUT2D eigenvalue weighted by atomic mass is 16.4. The summed E-state index contributed by atoms with van der Waals surface area (Å²) in [5.74, 6) is -0.330. The Morgan fingerprint density at radius 1 is 1.64 bits per heavy atom. The van der Waals surface area contributed by atoms with E-state index < -0.39 is 5.97 Å². The quantitative estimate of drug-likeness (QED) is 0.729. The van der Waals surface area contributed by atoms with Crippen molar-refractivity contribution < 1.29 is 9.90 Å². The summed E-state index contributed by atoms with van der Waals surface area (Å²) >= 11 is 0. The molecule has 2 rings (SSSR count). The molecular weight excluding hydrogens is 184 g/mol. The first-order valence-electron chi connectivity index (χ1n) is 3.98. The second-order valence-corrected chi connectivity index (χ2v) is 2.80. The van der Waals surface area contributed by atoms with Crippen molar-refractivity contribution in [3.63, 3.8) is 0 Å². The van der Waals surface area contributed by atoms with E-state index in [9.17, 15) is 4.79 Å². The van der Waals surface area contributed by atoms with Gasteiger partial charge in [0.15, 0.2) is 0 Å². The largest absolute Gasteiger partial charge is 0.478 e. The highest BCUT2D eigenvalue weighted by Crippen LogP contribution is 2.11. The minimum Gasteiger partial charge on any atom is -0.478 e. The number of nitrogens with one attached hydrogen (secondary N) is 1. The number of aromatic nitrogens is 4. The van der Waals surface area contributed by atoms with Crippen molar-refractivity contribution in [1.29, 1.82) is 0 Å². The SMILES string of the molecule is Cc1c(C(=O)O)cnn1-c1ccn[nH]1. The molecule has 0 atom stereocenters. The van der Waals surface area contributed by atoms with Gasteiger partial charge in [0.2, 0.25) is 0 Å². The minimum absolute atomic E-state index is 0.194. The maximum atomic E-state index is 10.7. The summed E-state index contributed by atoms with van der Waals surface area (Å²) in [4.78, 5) is 10.7. The number of carboxylic acid groups (broad SMARTS) is 1. The standard InChI is InChI=1S/C8H8N4O2/c1-5-6(8(13)14)4-10-12(5)7-2-3-9-11-7/h2-4H,1H3,(H,9,11)(H,13,14). The summed E-state index contributed by atoms with van der Waals surface area (Å²) in [6.07, 6.45) is 2.90. The van der Waals surface area contributed by atoms with Gasteiger partial charge in [-0.25, -0.2) is 9.48 Å². The van der Waals surface area contributed by atoms with Gasteiger partial charge in [-0.1, -0.05) is 0 Å². The van der Waals surface area contributed by atoms with Crippen LogP contribution in [0.3, 0.4) is 0 Å². The third kappa shape index (κ3) is 1.17. The van der Waals surface area contributed by atoms with Crippen LogP contribution in [0.15, 0.2) is 18.5 Å². The van der Waals surface area contributed by atoms with Gasteiger partial charge >= 0.3 is 5.97 Å². The first-order valence-corrected chi connectivity index (χ1v) is 3.98. The summed E-state index contributed by atoms with van der Waals surface area (Å²) in [6, 6.07) is 1.71. The summed E-state index contributed by atoms with van der Waals surface area (Å²) in [6.45, 7) is 1.69. The van der Waals surface area contributed by atoms with Crippen LogP contribution in [0.4, 0.5) is 0 Å². The Kier molecular flexibility index (Phi) is 1.81. The summed E-state index contributed by atoms with van der Waals surface area (Å²) < 4.78 is 1.50. The van der Waals surface area contributed by atoms with Gasteiger partial charge in [-0.15, -0.1) is 0 Å². The molecule has 6 nitrogen and oxygen atoms in total. The molecule has 2 N–H and O–H groups in total. The summed E-state index contributed by atoms with van der Waals surface area (Å²) in [5, 5.41) is 19.2. The van der Waals surface area contributed by atoms with Gasteiger partial charge < -0.3 is 5.11 Å². The van der Waals surface area contributed by atoms with E-state index in [-0.39, 0.29) is 5.56 Å². The van der Waals surface area contributed by atoms with E-state index in [1.165, 1.54) is 10.9 Å². The van der Waals surface area contributed by atoms with E-state index in [1.54, 1.807) is 19.2 Å². The zero-order chi connectivity index (χ0) is 10.1. The zero-order valence-corrected chi connectivity index (χ0v) is 7.43. The molecule has 14 heavy (non-hydrogen) atoms. The maximum absolute atomic E-state index is 10.7. The predicted molar refractivity (Wildman–Crippen MR) is 47.4 cm³/mol. The fourth-order valence-electron chi connectivity index (χ4n) is 1.23. The number of nitrogens with zero attached hydrogens (tertiary/aromatic N) is 3. The van der Waals surface area contributed by atoms with Gasteiger partial charge in [0.25, 0.3) is 0 Å². The predicted octanol–water partition coefficient (Wildman–Crippen LogP) is 0.602. The van der Waals surface area contributed by atoms with Crippen LogP contribution in [0.25, 0.3) is 5.82 Å². The van der Waals surface area contributed by atoms with Crippen LogP contribution < -0.4 is 0 Å². The Bertz CT molecular complexity index is 458. The van der Waals surface area contributed by atoms with E-state index in [0.717, 1.165) is 0 Å². The fraction of sp³-hybridized carbons (Fsp3) is 0.125. The number of hydrogen-bond acceptors (Lipinski definition) is 3. The molecule has 0 spiro atoms. The van der Waals surface area contributed by atoms with Gasteiger partial charge in [0.1, 0.15) is 11.4 Å². The highest BCUT2D eigenvalue weighted by molar-refractivity contribution is 5.88. The molecular formula is C8H8N4O2. The van der Waals surface area contributed by atoms with Crippen LogP contribution >= 0.6 is 0 Å². The molecule has 2 aromatic heterocycles. The average molecular weight is 192 g/mol. The first kappa shape index (κ1) is 8.49. The summed E-state index contributed by atoms with van der Waals surface area (Å²) in [5.41, 5.74) is 0.765. The minimum atomic E-state index is -0.978. The Morgan fingerprint density at radius 2 is 2.43 bits per heavy atom. The number of carboxylic acids is 1. The maximum Gasteiger partial charge on any atom is 0.339 e. The Hall–Kier alpha value is -2.11. The van der Waals surface area contributed by atoms with Crippen molar-refractivity contribution in [2.75, 3.05) is 0 Å². The summed E-state index contributed by atoms with van der Waals surface area (Å²) in [7, 11) is 0. The molecule has 0 radical (unpaired) electrons. The molecule has 2 aromatic rings. The second-order valence-electron chi connectivity index (χ2n) is 2.80. The number of hydrogen-bond donors (Lipinski definition) is 2. The molecule has 0 aliphatic heterocycles. The van der Waals surface area contributed by atoms with Crippen LogP contribution in [-0.2, 0) is 0 Å². The topological polar surface area (TPSA) is 83.8 Å². The van der Waals surface area contributed by atoms with Crippen molar-refractivity contribution in [3.05, 3.63) is 29.7 Å². The van der Waals surface area contributed by atoms with E-state index in [4.69, 9.17) is 5.11 Å². The number of carbonyl (C=O) groups is 1. The molecule has 72 valence electrons. The van der Waals surface area contributed by atoms with Gasteiger partial charge in [-0.05, 0) is 6.92 Å². The molecule has 0 unspecified atom stereocenters. The Morgan fingerprint density at radius 3 is 2.93 bits per heavy atom. The Labute approximate surface area is 79.2 Å². The molecule has 0 amide bonds. The smallest absolute Gasteiger partial charge is 0.339 e. The Balaban J connectivity index is 2.52. The monoisotopic (exact) mass is 192 g/mol. The third-order valence-electron chi connectivity index (χ3n) is 1.95. The number of aromatic carboxylic acids is 1. The van der Waals surface area contributed by atoms with Crippen LogP contribution in [0.2, 0.25) is 0 Å². The van der Waals surface area contributed by atoms with Crippen molar-refractivity contribution in [3.8, 4) is 5.82 Å². The van der Waals surface area contributed by atoms with Crippen molar-refractivity contribution >= 4 is 5.97 Å². The third-order valence-corrected chi connectivity index (χ3v) is 1.95. The van der Waals surface area contributed by atoms with Gasteiger partial charge in [0, 0.05) is 6.07 Å². The second kappa shape index (κ2) is 2.99. The average Bonchev–Trinajstić information content (AvgIpc) is 2.71. The molecule has 6 heteroatoms. The van der Waals surface area contributed by atoms with Gasteiger partial charge in [0.05, 0.1) is 18.1 Å². The lowest BCUT2D eigenvalue weighted by Crippen LogP contribution is -2.02. The van der Waals surface area contributed by atoms with Gasteiger partial charge in [-0.2, -0.15) is 10.2 Å². The zero-order valence-electron chi connectivity index (χ0n) is 7.43. The number of rotatable bonds is 2. The van der Waals surface area contributed by atoms with Gasteiger partial charge in [-0.3, -0.25) is 5.10 Å². The molecule has 0 aromatic carbocycles. The fourth-order valence-corrected chi connectivity index (χ4v) is 1.23. The molecule has 2 heterocycles. The van der Waals surface area contributed by atoms with E-state index in [0.29, 0.717) is 11.5 Å². The first-order chi connectivity index (χ1) is 6.70. The van der Waals surface area contributed by atoms with Crippen molar-refractivity contribution in [2.24, 2.45) is 0 Å². The normalized spacial score (nSPS) is 10.4. The van der Waals surface area contributed by atoms with Crippen LogP contribution in [0.1, 0.15) is 16.1 Å². The molecule has 0 fully saturated rings. The molecule has 0 aliphatic rings. The van der Waals surface area contributed by atoms with Crippen LogP contribution in [-0.4, -0.2) is 31.1 Å². The van der Waals surface area contributed by atoms with Crippen LogP contribution in [0, 0.1) is 6.92 Å². The molecule has 0 saturated heterocycles. The molecule has 0 saturated carbocycles. The number of H-pyrrole nitrogens is 1. The van der Waals surface area contributed by atoms with Crippen LogP contribution in [0.5, 0.6) is 0 Å².